The lowest BCUT2D eigenvalue weighted by Gasteiger charge is -2.24. The quantitative estimate of drug-likeness (QED) is 0.892. The Morgan fingerprint density at radius 2 is 2.24 bits per heavy atom. The van der Waals surface area contributed by atoms with Gasteiger partial charge in [-0.3, -0.25) is 5.10 Å². The topological polar surface area (TPSA) is 87.7 Å². The standard InChI is InChI=1S/C15H13ClN4O/c1-2-11-13-12(8-5-3-4-6-10(8)16)9(7-17)14(18)21-15(13)20-19-11/h3-6,12H,2,18H2,1H3,(H,19,20)/t12-/m0/s1. The molecule has 1 atom stereocenters. The minimum Gasteiger partial charge on any atom is -0.420 e. The molecule has 5 nitrogen and oxygen atoms in total. The van der Waals surface area contributed by atoms with Gasteiger partial charge in [-0.05, 0) is 18.1 Å². The lowest BCUT2D eigenvalue weighted by atomic mass is 9.83. The number of nitrogens with zero attached hydrogens (tertiary/aromatic N) is 2. The van der Waals surface area contributed by atoms with Crippen molar-refractivity contribution in [2.24, 2.45) is 5.73 Å². The van der Waals surface area contributed by atoms with Gasteiger partial charge < -0.3 is 10.5 Å². The Morgan fingerprint density at radius 1 is 1.48 bits per heavy atom. The first kappa shape index (κ1) is 13.5. The van der Waals surface area contributed by atoms with Gasteiger partial charge in [0.15, 0.2) is 0 Å². The number of fused-ring (bicyclic) bond motifs is 1. The fraction of sp³-hybridized carbons (Fsp3) is 0.200. The second-order valence-corrected chi connectivity index (χ2v) is 5.13. The summed E-state index contributed by atoms with van der Waals surface area (Å²) in [6.07, 6.45) is 0.741. The second kappa shape index (κ2) is 5.15. The Hall–Kier alpha value is -2.45. The Balaban J connectivity index is 2.28. The highest BCUT2D eigenvalue weighted by atomic mass is 35.5. The molecule has 1 aromatic carbocycles. The maximum absolute atomic E-state index is 9.47. The monoisotopic (exact) mass is 300 g/mol. The second-order valence-electron chi connectivity index (χ2n) is 4.72. The normalized spacial score (nSPS) is 17.1. The predicted molar refractivity (Wildman–Crippen MR) is 78.7 cm³/mol. The summed E-state index contributed by atoms with van der Waals surface area (Å²) in [5, 5.41) is 17.1. The van der Waals surface area contributed by atoms with Crippen LogP contribution in [-0.4, -0.2) is 10.2 Å². The van der Waals surface area contributed by atoms with E-state index in [1.54, 1.807) is 6.07 Å². The Kier molecular flexibility index (Phi) is 3.32. The van der Waals surface area contributed by atoms with Crippen LogP contribution in [0.3, 0.4) is 0 Å². The van der Waals surface area contributed by atoms with Crippen LogP contribution in [0.4, 0.5) is 0 Å². The number of nitriles is 1. The molecule has 3 rings (SSSR count). The van der Waals surface area contributed by atoms with Crippen LogP contribution in [-0.2, 0) is 6.42 Å². The van der Waals surface area contributed by atoms with Crippen LogP contribution in [0.5, 0.6) is 5.88 Å². The van der Waals surface area contributed by atoms with Crippen molar-refractivity contribution in [3.8, 4) is 11.9 Å². The first-order valence-corrected chi connectivity index (χ1v) is 6.94. The number of hydrogen-bond acceptors (Lipinski definition) is 4. The molecule has 106 valence electrons. The molecule has 0 saturated heterocycles. The van der Waals surface area contributed by atoms with E-state index >= 15 is 0 Å². The van der Waals surface area contributed by atoms with Gasteiger partial charge in [0.1, 0.15) is 11.6 Å². The Bertz CT molecular complexity index is 772. The summed E-state index contributed by atoms with van der Waals surface area (Å²) >= 11 is 6.31. The van der Waals surface area contributed by atoms with Crippen LogP contribution in [0, 0.1) is 11.3 Å². The van der Waals surface area contributed by atoms with Crippen LogP contribution in [0.25, 0.3) is 0 Å². The highest BCUT2D eigenvalue weighted by Gasteiger charge is 2.35. The van der Waals surface area contributed by atoms with Gasteiger partial charge in [-0.15, -0.1) is 5.10 Å². The number of allylic oxidation sites excluding steroid dienone is 1. The fourth-order valence-electron chi connectivity index (χ4n) is 2.60. The van der Waals surface area contributed by atoms with Gasteiger partial charge in [0.05, 0.1) is 11.5 Å². The van der Waals surface area contributed by atoms with Crippen molar-refractivity contribution < 1.29 is 4.74 Å². The van der Waals surface area contributed by atoms with Gasteiger partial charge in [0.25, 0.3) is 0 Å². The predicted octanol–water partition coefficient (Wildman–Crippen LogP) is 2.84. The third kappa shape index (κ3) is 2.05. The summed E-state index contributed by atoms with van der Waals surface area (Å²) in [6, 6.07) is 9.55. The summed E-state index contributed by atoms with van der Waals surface area (Å²) in [6.45, 7) is 2.01. The van der Waals surface area contributed by atoms with Gasteiger partial charge in [-0.2, -0.15) is 5.26 Å². The molecule has 0 spiro atoms. The van der Waals surface area contributed by atoms with E-state index < -0.39 is 0 Å². The van der Waals surface area contributed by atoms with Crippen LogP contribution in [0.2, 0.25) is 5.02 Å². The third-order valence-corrected chi connectivity index (χ3v) is 3.93. The van der Waals surface area contributed by atoms with Gasteiger partial charge in [0, 0.05) is 10.7 Å². The van der Waals surface area contributed by atoms with Crippen molar-refractivity contribution in [1.82, 2.24) is 10.2 Å². The molecular weight excluding hydrogens is 288 g/mol. The molecule has 21 heavy (non-hydrogen) atoms. The van der Waals surface area contributed by atoms with Crippen molar-refractivity contribution in [2.75, 3.05) is 0 Å². The number of aromatic amines is 1. The number of benzene rings is 1. The van der Waals surface area contributed by atoms with Crippen molar-refractivity contribution in [1.29, 1.82) is 5.26 Å². The van der Waals surface area contributed by atoms with E-state index in [-0.39, 0.29) is 11.8 Å². The number of nitrogens with one attached hydrogen (secondary N) is 1. The number of hydrogen-bond donors (Lipinski definition) is 2. The maximum atomic E-state index is 9.47. The molecule has 0 fully saturated rings. The van der Waals surface area contributed by atoms with E-state index in [2.05, 4.69) is 16.3 Å². The molecule has 0 saturated carbocycles. The van der Waals surface area contributed by atoms with Crippen LogP contribution in [0.15, 0.2) is 35.7 Å². The summed E-state index contributed by atoms with van der Waals surface area (Å²) in [5.41, 5.74) is 8.79. The molecule has 0 amide bonds. The van der Waals surface area contributed by atoms with E-state index in [0.29, 0.717) is 16.5 Å². The molecule has 0 radical (unpaired) electrons. The summed E-state index contributed by atoms with van der Waals surface area (Å²) in [7, 11) is 0. The molecule has 1 aromatic heterocycles. The van der Waals surface area contributed by atoms with Crippen molar-refractivity contribution >= 4 is 11.6 Å². The van der Waals surface area contributed by atoms with Gasteiger partial charge in [-0.25, -0.2) is 0 Å². The van der Waals surface area contributed by atoms with Gasteiger partial charge in [0.2, 0.25) is 11.8 Å². The van der Waals surface area contributed by atoms with Crippen molar-refractivity contribution in [3.05, 3.63) is 57.6 Å². The Labute approximate surface area is 127 Å². The fourth-order valence-corrected chi connectivity index (χ4v) is 2.84. The molecule has 6 heteroatoms. The van der Waals surface area contributed by atoms with Crippen LogP contribution in [0.1, 0.15) is 29.7 Å². The zero-order valence-electron chi connectivity index (χ0n) is 11.4. The van der Waals surface area contributed by atoms with E-state index in [1.165, 1.54) is 0 Å². The van der Waals surface area contributed by atoms with Gasteiger partial charge in [-0.1, -0.05) is 36.7 Å². The summed E-state index contributed by atoms with van der Waals surface area (Å²) < 4.78 is 5.46. The Morgan fingerprint density at radius 3 is 2.90 bits per heavy atom. The molecule has 0 bridgehead atoms. The van der Waals surface area contributed by atoms with Gasteiger partial charge >= 0.3 is 0 Å². The maximum Gasteiger partial charge on any atom is 0.244 e. The highest BCUT2D eigenvalue weighted by Crippen LogP contribution is 2.44. The van der Waals surface area contributed by atoms with E-state index in [9.17, 15) is 5.26 Å². The van der Waals surface area contributed by atoms with Crippen LogP contribution < -0.4 is 10.5 Å². The first-order chi connectivity index (χ1) is 10.2. The number of H-pyrrole nitrogens is 1. The largest absolute Gasteiger partial charge is 0.420 e. The number of rotatable bonds is 2. The van der Waals surface area contributed by atoms with Crippen molar-refractivity contribution in [2.45, 2.75) is 19.3 Å². The number of aryl methyl sites for hydroxylation is 1. The molecule has 0 unspecified atom stereocenters. The lowest BCUT2D eigenvalue weighted by molar-refractivity contribution is 0.378. The van der Waals surface area contributed by atoms with E-state index in [4.69, 9.17) is 22.1 Å². The van der Waals surface area contributed by atoms with Crippen molar-refractivity contribution in [3.63, 3.8) is 0 Å². The minimum absolute atomic E-state index is 0.0732. The van der Waals surface area contributed by atoms with Crippen LogP contribution >= 0.6 is 11.6 Å². The zero-order valence-corrected chi connectivity index (χ0v) is 12.1. The number of ether oxygens (including phenoxy) is 1. The molecule has 3 N–H and O–H groups in total. The smallest absolute Gasteiger partial charge is 0.244 e. The zero-order chi connectivity index (χ0) is 15.0. The average Bonchev–Trinajstić information content (AvgIpc) is 2.89. The number of aromatic nitrogens is 2. The van der Waals surface area contributed by atoms with E-state index in [0.717, 1.165) is 23.2 Å². The molecular formula is C15H13ClN4O. The SMILES string of the molecule is CCc1[nH]nc2c1[C@@H](c1ccccc1Cl)C(C#N)=C(N)O2. The number of nitrogens with two attached hydrogens (primary N) is 1. The first-order valence-electron chi connectivity index (χ1n) is 6.56. The summed E-state index contributed by atoms with van der Waals surface area (Å²) in [5.74, 6) is 0.124. The molecule has 0 aliphatic carbocycles. The molecule has 1 aliphatic heterocycles. The third-order valence-electron chi connectivity index (χ3n) is 3.59. The number of halogens is 1. The molecule has 2 heterocycles. The average molecular weight is 301 g/mol. The van der Waals surface area contributed by atoms with E-state index in [1.807, 2.05) is 25.1 Å². The lowest BCUT2D eigenvalue weighted by Crippen LogP contribution is -2.21. The molecule has 2 aromatic rings. The summed E-state index contributed by atoms with van der Waals surface area (Å²) in [4.78, 5) is 0. The molecule has 1 aliphatic rings. The highest BCUT2D eigenvalue weighted by molar-refractivity contribution is 6.31. The minimum atomic E-state index is -0.360.